The minimum absolute atomic E-state index is 0.199. The lowest BCUT2D eigenvalue weighted by atomic mass is 9.74. The van der Waals surface area contributed by atoms with Crippen molar-refractivity contribution in [3.05, 3.63) is 86.6 Å². The van der Waals surface area contributed by atoms with Gasteiger partial charge in [0.2, 0.25) is 0 Å². The summed E-state index contributed by atoms with van der Waals surface area (Å²) in [6.07, 6.45) is 1.31. The van der Waals surface area contributed by atoms with Crippen molar-refractivity contribution in [3.63, 3.8) is 0 Å². The van der Waals surface area contributed by atoms with Gasteiger partial charge < -0.3 is 10.5 Å². The lowest BCUT2D eigenvalue weighted by molar-refractivity contribution is 0.249. The first kappa shape index (κ1) is 25.4. The lowest BCUT2D eigenvalue weighted by Crippen LogP contribution is -2.25. The maximum absolute atomic E-state index is 11.1. The van der Waals surface area contributed by atoms with Crippen molar-refractivity contribution in [2.45, 2.75) is 65.2 Å². The van der Waals surface area contributed by atoms with E-state index in [4.69, 9.17) is 14.7 Å². The SMILES string of the molecule is CCC(CC)(c1ccc(OCc2ccccc2)c(CN)c1)c1cc(C)c(C(C)O[SH](=O)=O)s1. The fourth-order valence-electron chi connectivity index (χ4n) is 4.37. The number of rotatable bonds is 11. The summed E-state index contributed by atoms with van der Waals surface area (Å²) in [4.78, 5) is 2.15. The molecule has 1 atom stereocenters. The molecule has 7 heteroatoms. The predicted octanol–water partition coefficient (Wildman–Crippen LogP) is 5.80. The Bertz CT molecular complexity index is 1130. The van der Waals surface area contributed by atoms with Crippen LogP contribution in [0.15, 0.2) is 54.6 Å². The molecule has 0 saturated carbocycles. The largest absolute Gasteiger partial charge is 0.489 e. The summed E-state index contributed by atoms with van der Waals surface area (Å²) in [5, 5.41) is 0. The highest BCUT2D eigenvalue weighted by molar-refractivity contribution is 7.67. The molecule has 2 N–H and O–H groups in total. The van der Waals surface area contributed by atoms with Crippen LogP contribution in [0.1, 0.15) is 71.7 Å². The van der Waals surface area contributed by atoms with Gasteiger partial charge in [0, 0.05) is 27.3 Å². The summed E-state index contributed by atoms with van der Waals surface area (Å²) < 4.78 is 33.3. The van der Waals surface area contributed by atoms with E-state index in [9.17, 15) is 8.42 Å². The van der Waals surface area contributed by atoms with Crippen molar-refractivity contribution >= 4 is 22.3 Å². The monoisotopic (exact) mass is 487 g/mol. The van der Waals surface area contributed by atoms with E-state index in [-0.39, 0.29) is 5.41 Å². The minimum atomic E-state index is -2.90. The molecule has 0 amide bonds. The quantitative estimate of drug-likeness (QED) is 0.334. The molecule has 0 aliphatic heterocycles. The van der Waals surface area contributed by atoms with Gasteiger partial charge in [0.1, 0.15) is 18.5 Å². The average Bonchev–Trinajstić information content (AvgIpc) is 3.21. The van der Waals surface area contributed by atoms with Crippen molar-refractivity contribution in [2.75, 3.05) is 0 Å². The second-order valence-corrected chi connectivity index (χ2v) is 9.96. The summed E-state index contributed by atoms with van der Waals surface area (Å²) in [5.74, 6) is 0.801. The highest BCUT2D eigenvalue weighted by Gasteiger charge is 2.34. The number of hydrogen-bond acceptors (Lipinski definition) is 6. The van der Waals surface area contributed by atoms with E-state index in [1.165, 1.54) is 10.4 Å². The Morgan fingerprint density at radius 1 is 1.06 bits per heavy atom. The summed E-state index contributed by atoms with van der Waals surface area (Å²) in [5.41, 5.74) is 10.2. The van der Waals surface area contributed by atoms with E-state index in [1.54, 1.807) is 18.3 Å². The van der Waals surface area contributed by atoms with Gasteiger partial charge in [-0.1, -0.05) is 50.2 Å². The topological polar surface area (TPSA) is 78.6 Å². The van der Waals surface area contributed by atoms with Crippen molar-refractivity contribution in [1.29, 1.82) is 0 Å². The minimum Gasteiger partial charge on any atom is -0.489 e. The molecular formula is C26H33NO4S2. The smallest absolute Gasteiger partial charge is 0.257 e. The van der Waals surface area contributed by atoms with Crippen LogP contribution in [0.3, 0.4) is 0 Å². The molecule has 3 rings (SSSR count). The van der Waals surface area contributed by atoms with E-state index in [1.807, 2.05) is 43.3 Å². The van der Waals surface area contributed by atoms with Crippen molar-refractivity contribution in [3.8, 4) is 5.75 Å². The number of thiophene rings is 1. The predicted molar refractivity (Wildman–Crippen MR) is 135 cm³/mol. The summed E-state index contributed by atoms with van der Waals surface area (Å²) >= 11 is 1.63. The van der Waals surface area contributed by atoms with Crippen LogP contribution in [-0.2, 0) is 33.7 Å². The van der Waals surface area contributed by atoms with E-state index in [0.717, 1.165) is 40.2 Å². The Morgan fingerprint density at radius 2 is 1.76 bits per heavy atom. The van der Waals surface area contributed by atoms with Gasteiger partial charge in [-0.2, -0.15) is 0 Å². The zero-order chi connectivity index (χ0) is 24.0. The normalized spacial score (nSPS) is 12.8. The Kier molecular flexibility index (Phi) is 8.70. The van der Waals surface area contributed by atoms with Gasteiger partial charge in [-0.15, -0.1) is 11.3 Å². The van der Waals surface area contributed by atoms with Crippen LogP contribution in [0.4, 0.5) is 0 Å². The van der Waals surface area contributed by atoms with Crippen LogP contribution in [0.25, 0.3) is 0 Å². The number of hydrogen-bond donors (Lipinski definition) is 2. The molecule has 0 bridgehead atoms. The van der Waals surface area contributed by atoms with E-state index >= 15 is 0 Å². The van der Waals surface area contributed by atoms with Gasteiger partial charge in [-0.05, 0) is 61.6 Å². The summed E-state index contributed by atoms with van der Waals surface area (Å²) in [6, 6.07) is 18.6. The van der Waals surface area contributed by atoms with Crippen molar-refractivity contribution in [1.82, 2.24) is 0 Å². The maximum atomic E-state index is 11.1. The van der Waals surface area contributed by atoms with Gasteiger partial charge in [-0.3, -0.25) is 4.18 Å². The third-order valence-corrected chi connectivity index (χ3v) is 8.41. The van der Waals surface area contributed by atoms with E-state index in [2.05, 4.69) is 32.0 Å². The first-order chi connectivity index (χ1) is 15.8. The molecule has 0 fully saturated rings. The Hall–Kier alpha value is -2.19. The number of benzene rings is 2. The molecule has 0 aliphatic rings. The van der Waals surface area contributed by atoms with Gasteiger partial charge in [0.15, 0.2) is 0 Å². The van der Waals surface area contributed by atoms with Crippen LogP contribution in [0.2, 0.25) is 0 Å². The van der Waals surface area contributed by atoms with Crippen molar-refractivity contribution < 1.29 is 17.3 Å². The van der Waals surface area contributed by atoms with Crippen LogP contribution in [0.5, 0.6) is 5.75 Å². The molecule has 3 aromatic rings. The first-order valence-electron chi connectivity index (χ1n) is 11.3. The number of aryl methyl sites for hydroxylation is 1. The Balaban J connectivity index is 1.95. The third kappa shape index (κ3) is 5.66. The van der Waals surface area contributed by atoms with Crippen LogP contribution < -0.4 is 10.5 Å². The van der Waals surface area contributed by atoms with Crippen LogP contribution >= 0.6 is 11.3 Å². The number of ether oxygens (including phenoxy) is 1. The molecule has 1 aromatic heterocycles. The molecule has 1 unspecified atom stereocenters. The second-order valence-electron chi connectivity index (χ2n) is 8.22. The standard InChI is InChI=1S/C26H33NO4S2/c1-5-26(6-2,24-14-18(3)25(32-24)19(4)31-33(28)29)22-12-13-23(21(15-22)16-27)30-17-20-10-8-7-9-11-20/h7-15,19,33H,5-6,16-17,27H2,1-4H3. The molecule has 1 heterocycles. The third-order valence-electron chi connectivity index (χ3n) is 6.32. The first-order valence-corrected chi connectivity index (χ1v) is 13.2. The molecule has 0 spiro atoms. The maximum Gasteiger partial charge on any atom is 0.257 e. The second kappa shape index (κ2) is 11.3. The zero-order valence-corrected chi connectivity index (χ0v) is 21.4. The Morgan fingerprint density at radius 3 is 2.36 bits per heavy atom. The van der Waals surface area contributed by atoms with Crippen molar-refractivity contribution in [2.24, 2.45) is 5.73 Å². The summed E-state index contributed by atoms with van der Waals surface area (Å²) in [6.45, 7) is 9.04. The van der Waals surface area contributed by atoms with Gasteiger partial charge in [0.25, 0.3) is 11.0 Å². The highest BCUT2D eigenvalue weighted by atomic mass is 32.2. The van der Waals surface area contributed by atoms with Crippen LogP contribution in [0, 0.1) is 6.92 Å². The molecule has 0 saturated heterocycles. The molecule has 33 heavy (non-hydrogen) atoms. The highest BCUT2D eigenvalue weighted by Crippen LogP contribution is 2.45. The van der Waals surface area contributed by atoms with E-state index < -0.39 is 17.1 Å². The molecule has 0 aliphatic carbocycles. The summed E-state index contributed by atoms with van der Waals surface area (Å²) in [7, 11) is -2.90. The fraction of sp³-hybridized carbons (Fsp3) is 0.385. The number of thiol groups is 1. The zero-order valence-electron chi connectivity index (χ0n) is 19.7. The van der Waals surface area contributed by atoms with Crippen LogP contribution in [-0.4, -0.2) is 8.42 Å². The molecule has 178 valence electrons. The number of nitrogens with two attached hydrogens (primary N) is 1. The van der Waals surface area contributed by atoms with E-state index in [0.29, 0.717) is 13.2 Å². The van der Waals surface area contributed by atoms with Gasteiger partial charge >= 0.3 is 0 Å². The molecule has 5 nitrogen and oxygen atoms in total. The molecular weight excluding hydrogens is 454 g/mol. The average molecular weight is 488 g/mol. The molecule has 2 aromatic carbocycles. The fourth-order valence-corrected chi connectivity index (χ4v) is 6.32. The Labute approximate surface area is 202 Å². The van der Waals surface area contributed by atoms with Gasteiger partial charge in [-0.25, -0.2) is 8.42 Å². The van der Waals surface area contributed by atoms with Gasteiger partial charge in [0.05, 0.1) is 0 Å². The lowest BCUT2D eigenvalue weighted by Gasteiger charge is -2.32. The molecule has 0 radical (unpaired) electrons.